The molecule has 0 aliphatic heterocycles. The van der Waals surface area contributed by atoms with Gasteiger partial charge in [0, 0.05) is 16.7 Å². The maximum absolute atomic E-state index is 13.7. The molecule has 1 saturated carbocycles. The molecule has 2 nitrogen and oxygen atoms in total. The molecule has 1 atom stereocenters. The first-order chi connectivity index (χ1) is 19.2. The zero-order valence-corrected chi connectivity index (χ0v) is 24.3. The third-order valence-electron chi connectivity index (χ3n) is 8.13. The Morgan fingerprint density at radius 2 is 1.75 bits per heavy atom. The molecular formula is C35H37F2NOS. The summed E-state index contributed by atoms with van der Waals surface area (Å²) in [6.45, 7) is 6.01. The summed E-state index contributed by atoms with van der Waals surface area (Å²) in [4.78, 5) is 4.50. The average molecular weight is 558 g/mol. The van der Waals surface area contributed by atoms with E-state index >= 15 is 0 Å². The van der Waals surface area contributed by atoms with Gasteiger partial charge < -0.3 is 5.11 Å². The summed E-state index contributed by atoms with van der Waals surface area (Å²) >= 11 is 2.06. The Bertz CT molecular complexity index is 1520. The summed E-state index contributed by atoms with van der Waals surface area (Å²) in [6, 6.07) is 22.8. The van der Waals surface area contributed by atoms with Crippen molar-refractivity contribution in [1.82, 2.24) is 4.98 Å². The number of thioether (sulfide) groups is 1. The molecule has 1 aromatic heterocycles. The van der Waals surface area contributed by atoms with E-state index in [2.05, 4.69) is 60.1 Å². The lowest BCUT2D eigenvalue weighted by atomic mass is 9.90. The van der Waals surface area contributed by atoms with Gasteiger partial charge in [0.25, 0.3) is 0 Å². The second kappa shape index (κ2) is 11.8. The maximum atomic E-state index is 13.7. The quantitative estimate of drug-likeness (QED) is 0.199. The molecular weight excluding hydrogens is 520 g/mol. The van der Waals surface area contributed by atoms with Gasteiger partial charge in [-0.1, -0.05) is 67.6 Å². The van der Waals surface area contributed by atoms with Gasteiger partial charge in [-0.15, -0.1) is 0 Å². The average Bonchev–Trinajstić information content (AvgIpc) is 3.73. The summed E-state index contributed by atoms with van der Waals surface area (Å²) in [5.41, 5.74) is 5.31. The van der Waals surface area contributed by atoms with E-state index in [1.165, 1.54) is 42.2 Å². The first kappa shape index (κ1) is 28.5. The lowest BCUT2D eigenvalue weighted by molar-refractivity contribution is 0.0776. The van der Waals surface area contributed by atoms with E-state index < -0.39 is 17.2 Å². The lowest BCUT2D eigenvalue weighted by Crippen LogP contribution is -2.18. The van der Waals surface area contributed by atoms with Crippen LogP contribution in [-0.2, 0) is 12.0 Å². The number of hydrogen-bond donors (Lipinski definition) is 1. The van der Waals surface area contributed by atoms with Crippen LogP contribution in [0.3, 0.4) is 0 Å². The van der Waals surface area contributed by atoms with Gasteiger partial charge in [0.15, 0.2) is 11.6 Å². The summed E-state index contributed by atoms with van der Waals surface area (Å²) in [7, 11) is 0. The Morgan fingerprint density at radius 1 is 0.975 bits per heavy atom. The first-order valence-corrected chi connectivity index (χ1v) is 15.2. The fourth-order valence-electron chi connectivity index (χ4n) is 5.29. The van der Waals surface area contributed by atoms with Crippen LogP contribution in [0.5, 0.6) is 0 Å². The van der Waals surface area contributed by atoms with E-state index in [9.17, 15) is 13.9 Å². The number of aryl methyl sites for hydroxylation is 1. The monoisotopic (exact) mass is 557 g/mol. The topological polar surface area (TPSA) is 33.1 Å². The number of hydrogen-bond acceptors (Lipinski definition) is 3. The standard InChI is InChI=1S/C35H37F2NOS/c1-4-35(18-19-35)23-40-33(17-14-25-9-5-6-11-29(25)34(2,3)39)27-10-7-8-24(20-27)12-15-28-16-13-26-21-30(36)31(37)22-32(26)38-28/h5-13,15-16,20-22,33,39H,4,14,17-19,23H2,1-3H3/b15-12+/t33-/m1/s1. The normalized spacial score (nSPS) is 15.6. The Labute approximate surface area is 240 Å². The van der Waals surface area contributed by atoms with Crippen molar-refractivity contribution in [3.8, 4) is 0 Å². The minimum Gasteiger partial charge on any atom is -0.386 e. The number of aromatic nitrogens is 1. The molecule has 1 aliphatic rings. The van der Waals surface area contributed by atoms with Crippen molar-refractivity contribution < 1.29 is 13.9 Å². The van der Waals surface area contributed by atoms with Crippen LogP contribution in [0.25, 0.3) is 23.1 Å². The van der Waals surface area contributed by atoms with Gasteiger partial charge in [-0.2, -0.15) is 11.8 Å². The SMILES string of the molecule is CCC1(CS[C@H](CCc2ccccc2C(C)(C)O)c2cccc(/C=C/c3ccc4cc(F)c(F)cc4n3)c2)CC1. The van der Waals surface area contributed by atoms with Gasteiger partial charge in [0.05, 0.1) is 16.8 Å². The number of nitrogens with zero attached hydrogens (tertiary/aromatic N) is 1. The first-order valence-electron chi connectivity index (χ1n) is 14.1. The van der Waals surface area contributed by atoms with Crippen molar-refractivity contribution >= 4 is 34.8 Å². The molecule has 0 unspecified atom stereocenters. The molecule has 1 aliphatic carbocycles. The van der Waals surface area contributed by atoms with Crippen molar-refractivity contribution in [3.05, 3.63) is 112 Å². The van der Waals surface area contributed by atoms with Crippen LogP contribution in [0, 0.1) is 17.0 Å². The molecule has 0 saturated heterocycles. The van der Waals surface area contributed by atoms with Crippen LogP contribution in [0.2, 0.25) is 0 Å². The molecule has 1 heterocycles. The number of halogens is 2. The number of pyridine rings is 1. The molecule has 208 valence electrons. The Morgan fingerprint density at radius 3 is 2.50 bits per heavy atom. The van der Waals surface area contributed by atoms with Gasteiger partial charge in [0.2, 0.25) is 0 Å². The predicted molar refractivity (Wildman–Crippen MR) is 164 cm³/mol. The summed E-state index contributed by atoms with van der Waals surface area (Å²) in [5, 5.41) is 11.6. The third kappa shape index (κ3) is 6.82. The number of fused-ring (bicyclic) bond motifs is 1. The van der Waals surface area contributed by atoms with E-state index in [0.29, 0.717) is 27.3 Å². The summed E-state index contributed by atoms with van der Waals surface area (Å²) in [5.74, 6) is -0.588. The summed E-state index contributed by atoms with van der Waals surface area (Å²) in [6.07, 6.45) is 9.70. The second-order valence-electron chi connectivity index (χ2n) is 11.6. The van der Waals surface area contributed by atoms with E-state index in [1.54, 1.807) is 6.07 Å². The maximum Gasteiger partial charge on any atom is 0.161 e. The highest BCUT2D eigenvalue weighted by Gasteiger charge is 2.40. The smallest absolute Gasteiger partial charge is 0.161 e. The minimum atomic E-state index is -0.890. The fourth-order valence-corrected chi connectivity index (χ4v) is 6.96. The third-order valence-corrected chi connectivity index (χ3v) is 9.82. The molecule has 40 heavy (non-hydrogen) atoms. The highest BCUT2D eigenvalue weighted by atomic mass is 32.2. The van der Waals surface area contributed by atoms with Crippen LogP contribution in [0.15, 0.2) is 72.8 Å². The van der Waals surface area contributed by atoms with Gasteiger partial charge in [-0.3, -0.25) is 0 Å². The molecule has 4 aromatic rings. The zero-order chi connectivity index (χ0) is 28.3. The molecule has 5 rings (SSSR count). The molecule has 0 spiro atoms. The highest BCUT2D eigenvalue weighted by molar-refractivity contribution is 7.99. The lowest BCUT2D eigenvalue weighted by Gasteiger charge is -2.24. The minimum absolute atomic E-state index is 0.337. The van der Waals surface area contributed by atoms with Gasteiger partial charge >= 0.3 is 0 Å². The fraction of sp³-hybridized carbons (Fsp3) is 0.343. The van der Waals surface area contributed by atoms with Crippen LogP contribution < -0.4 is 0 Å². The molecule has 1 N–H and O–H groups in total. The van der Waals surface area contributed by atoms with Crippen molar-refractivity contribution in [2.75, 3.05) is 5.75 Å². The van der Waals surface area contributed by atoms with Gasteiger partial charge in [-0.25, -0.2) is 13.8 Å². The van der Waals surface area contributed by atoms with Crippen molar-refractivity contribution in [2.45, 2.75) is 63.7 Å². The van der Waals surface area contributed by atoms with Gasteiger partial charge in [0.1, 0.15) is 0 Å². The molecule has 0 bridgehead atoms. The number of benzene rings is 3. The van der Waals surface area contributed by atoms with E-state index in [0.717, 1.165) is 30.0 Å². The highest BCUT2D eigenvalue weighted by Crippen LogP contribution is 2.53. The largest absolute Gasteiger partial charge is 0.386 e. The Kier molecular flexibility index (Phi) is 8.44. The molecule has 3 aromatic carbocycles. The van der Waals surface area contributed by atoms with E-state index in [4.69, 9.17) is 0 Å². The number of aliphatic hydroxyl groups is 1. The van der Waals surface area contributed by atoms with Crippen LogP contribution in [-0.4, -0.2) is 15.8 Å². The molecule has 0 amide bonds. The Balaban J connectivity index is 1.37. The van der Waals surface area contributed by atoms with Crippen molar-refractivity contribution in [3.63, 3.8) is 0 Å². The second-order valence-corrected chi connectivity index (χ2v) is 12.8. The predicted octanol–water partition coefficient (Wildman–Crippen LogP) is 9.51. The summed E-state index contributed by atoms with van der Waals surface area (Å²) < 4.78 is 27.3. The van der Waals surface area contributed by atoms with Gasteiger partial charge in [-0.05, 0) is 97.6 Å². The van der Waals surface area contributed by atoms with Crippen LogP contribution >= 0.6 is 11.8 Å². The molecule has 1 fully saturated rings. The number of rotatable bonds is 11. The van der Waals surface area contributed by atoms with Crippen molar-refractivity contribution in [2.24, 2.45) is 5.41 Å². The van der Waals surface area contributed by atoms with E-state index in [-0.39, 0.29) is 0 Å². The molecule has 0 radical (unpaired) electrons. The van der Waals surface area contributed by atoms with Crippen molar-refractivity contribution in [1.29, 1.82) is 0 Å². The van der Waals surface area contributed by atoms with Crippen LogP contribution in [0.1, 0.15) is 79.7 Å². The zero-order valence-electron chi connectivity index (χ0n) is 23.5. The van der Waals surface area contributed by atoms with E-state index in [1.807, 2.05) is 44.2 Å². The molecule has 5 heteroatoms. The Hall–Kier alpha value is -3.02. The van der Waals surface area contributed by atoms with Crippen LogP contribution in [0.4, 0.5) is 8.78 Å².